The van der Waals surface area contributed by atoms with E-state index < -0.39 is 0 Å². The average Bonchev–Trinajstić information content (AvgIpc) is 2.51. The number of carbonyl (C=O) groups is 2. The van der Waals surface area contributed by atoms with Crippen LogP contribution in [-0.2, 0) is 9.59 Å². The fourth-order valence-corrected chi connectivity index (χ4v) is 1.68. The predicted molar refractivity (Wildman–Crippen MR) is 77.7 cm³/mol. The van der Waals surface area contributed by atoms with Crippen LogP contribution in [0, 0.1) is 0 Å². The zero-order valence-corrected chi connectivity index (χ0v) is 10.6. The van der Waals surface area contributed by atoms with Gasteiger partial charge in [-0.05, 0) is 47.5 Å². The molecule has 98 valence electrons. The van der Waals surface area contributed by atoms with E-state index in [0.29, 0.717) is 11.4 Å². The fraction of sp³-hybridized carbons (Fsp3) is 0. The third kappa shape index (κ3) is 3.55. The van der Waals surface area contributed by atoms with Gasteiger partial charge in [0.25, 0.3) is 0 Å². The van der Waals surface area contributed by atoms with Crippen molar-refractivity contribution in [2.24, 2.45) is 0 Å². The second kappa shape index (κ2) is 6.89. The minimum Gasteiger partial charge on any atom is -0.299 e. The highest BCUT2D eigenvalue weighted by Gasteiger charge is 2.01. The molecule has 2 aromatic rings. The van der Waals surface area contributed by atoms with Gasteiger partial charge in [-0.1, -0.05) is 12.2 Å². The Kier molecular flexibility index (Phi) is 4.67. The quantitative estimate of drug-likeness (QED) is 0.615. The number of hydrogen-bond acceptors (Lipinski definition) is 4. The van der Waals surface area contributed by atoms with Crippen molar-refractivity contribution < 1.29 is 9.59 Å². The van der Waals surface area contributed by atoms with Gasteiger partial charge in [0, 0.05) is 12.4 Å². The first-order chi connectivity index (χ1) is 9.83. The van der Waals surface area contributed by atoms with Crippen molar-refractivity contribution in [3.8, 4) is 11.4 Å². The third-order valence-corrected chi connectivity index (χ3v) is 2.56. The molecule has 0 radical (unpaired) electrons. The molecule has 2 heterocycles. The van der Waals surface area contributed by atoms with Gasteiger partial charge in [-0.25, -0.2) is 0 Å². The van der Waals surface area contributed by atoms with Crippen molar-refractivity contribution >= 4 is 24.7 Å². The fourth-order valence-electron chi connectivity index (χ4n) is 1.68. The van der Waals surface area contributed by atoms with Crippen LogP contribution >= 0.6 is 0 Å². The van der Waals surface area contributed by atoms with Gasteiger partial charge < -0.3 is 0 Å². The van der Waals surface area contributed by atoms with Crippen LogP contribution in [0.2, 0.25) is 0 Å². The smallest absolute Gasteiger partial charge is 0.142 e. The zero-order valence-electron chi connectivity index (χ0n) is 10.6. The van der Waals surface area contributed by atoms with E-state index in [2.05, 4.69) is 9.97 Å². The lowest BCUT2D eigenvalue weighted by Crippen LogP contribution is -1.88. The first-order valence-corrected chi connectivity index (χ1v) is 5.99. The van der Waals surface area contributed by atoms with Crippen molar-refractivity contribution in [1.82, 2.24) is 9.97 Å². The molecule has 0 amide bonds. The van der Waals surface area contributed by atoms with E-state index in [1.165, 1.54) is 12.2 Å². The SMILES string of the molecule is O=C/C=C/c1ccnc(-c2cc(/C=C/C=O)ccn2)c1. The largest absolute Gasteiger partial charge is 0.299 e. The summed E-state index contributed by atoms with van der Waals surface area (Å²) in [6.07, 6.45) is 11.0. The van der Waals surface area contributed by atoms with Crippen LogP contribution in [0.5, 0.6) is 0 Å². The molecule has 0 aliphatic rings. The molecular weight excluding hydrogens is 252 g/mol. The maximum atomic E-state index is 10.3. The molecule has 4 heteroatoms. The molecular formula is C16H12N2O2. The molecule has 2 aromatic heterocycles. The number of allylic oxidation sites excluding steroid dienone is 2. The monoisotopic (exact) mass is 264 g/mol. The highest BCUT2D eigenvalue weighted by molar-refractivity contribution is 5.76. The summed E-state index contributed by atoms with van der Waals surface area (Å²) in [4.78, 5) is 29.2. The molecule has 0 unspecified atom stereocenters. The van der Waals surface area contributed by atoms with Crippen LogP contribution in [0.15, 0.2) is 48.8 Å². The lowest BCUT2D eigenvalue weighted by Gasteiger charge is -2.02. The number of carbonyl (C=O) groups excluding carboxylic acids is 2. The average molecular weight is 264 g/mol. The van der Waals surface area contributed by atoms with Crippen molar-refractivity contribution in [2.75, 3.05) is 0 Å². The van der Waals surface area contributed by atoms with Crippen LogP contribution < -0.4 is 0 Å². The number of nitrogens with zero attached hydrogens (tertiary/aromatic N) is 2. The number of aldehydes is 2. The highest BCUT2D eigenvalue weighted by Crippen LogP contribution is 2.17. The first-order valence-electron chi connectivity index (χ1n) is 5.99. The van der Waals surface area contributed by atoms with Crippen LogP contribution in [0.25, 0.3) is 23.5 Å². The molecule has 0 atom stereocenters. The van der Waals surface area contributed by atoms with Gasteiger partial charge in [0.1, 0.15) is 12.6 Å². The summed E-state index contributed by atoms with van der Waals surface area (Å²) in [6.45, 7) is 0. The molecule has 0 aliphatic heterocycles. The molecule has 0 saturated heterocycles. The molecule has 0 N–H and O–H groups in total. The van der Waals surface area contributed by atoms with Crippen LogP contribution in [0.1, 0.15) is 11.1 Å². The van der Waals surface area contributed by atoms with Crippen LogP contribution in [-0.4, -0.2) is 22.5 Å². The summed E-state index contributed by atoms with van der Waals surface area (Å²) in [6, 6.07) is 7.30. The van der Waals surface area contributed by atoms with E-state index in [1.54, 1.807) is 36.7 Å². The minimum absolute atomic E-state index is 0.708. The van der Waals surface area contributed by atoms with Gasteiger partial charge in [0.15, 0.2) is 0 Å². The predicted octanol–water partition coefficient (Wildman–Crippen LogP) is 2.57. The highest BCUT2D eigenvalue weighted by atomic mass is 16.1. The van der Waals surface area contributed by atoms with Crippen molar-refractivity contribution in [3.63, 3.8) is 0 Å². The summed E-state index contributed by atoms with van der Waals surface area (Å²) in [7, 11) is 0. The molecule has 0 aromatic carbocycles. The Hall–Kier alpha value is -2.88. The standard InChI is InChI=1S/C16H12N2O2/c19-9-1-3-13-5-7-17-15(11-13)16-12-14(4-2-10-20)6-8-18-16/h1-12H/b3-1+,4-2+. The molecule has 0 spiro atoms. The van der Waals surface area contributed by atoms with Crippen molar-refractivity contribution in [1.29, 1.82) is 0 Å². The molecule has 2 rings (SSSR count). The third-order valence-electron chi connectivity index (χ3n) is 2.56. The molecule has 0 fully saturated rings. The van der Waals surface area contributed by atoms with E-state index in [-0.39, 0.29) is 0 Å². The van der Waals surface area contributed by atoms with E-state index >= 15 is 0 Å². The Labute approximate surface area is 116 Å². The number of hydrogen-bond donors (Lipinski definition) is 0. The summed E-state index contributed by atoms with van der Waals surface area (Å²) >= 11 is 0. The Bertz CT molecular complexity index is 616. The number of rotatable bonds is 5. The van der Waals surface area contributed by atoms with Crippen molar-refractivity contribution in [2.45, 2.75) is 0 Å². The topological polar surface area (TPSA) is 59.9 Å². The van der Waals surface area contributed by atoms with E-state index in [1.807, 2.05) is 12.1 Å². The summed E-state index contributed by atoms with van der Waals surface area (Å²) < 4.78 is 0. The van der Waals surface area contributed by atoms with E-state index in [4.69, 9.17) is 0 Å². The van der Waals surface area contributed by atoms with Gasteiger partial charge in [-0.2, -0.15) is 0 Å². The van der Waals surface area contributed by atoms with E-state index in [9.17, 15) is 9.59 Å². The molecule has 20 heavy (non-hydrogen) atoms. The van der Waals surface area contributed by atoms with E-state index in [0.717, 1.165) is 23.7 Å². The Balaban J connectivity index is 2.35. The summed E-state index contributed by atoms with van der Waals surface area (Å²) in [5, 5.41) is 0. The Morgan fingerprint density at radius 2 is 1.20 bits per heavy atom. The normalized spacial score (nSPS) is 11.0. The Morgan fingerprint density at radius 3 is 1.60 bits per heavy atom. The molecule has 0 bridgehead atoms. The van der Waals surface area contributed by atoms with Crippen LogP contribution in [0.4, 0.5) is 0 Å². The van der Waals surface area contributed by atoms with Gasteiger partial charge in [-0.3, -0.25) is 19.6 Å². The summed E-state index contributed by atoms with van der Waals surface area (Å²) in [5.74, 6) is 0. The second-order valence-electron chi connectivity index (χ2n) is 3.94. The Morgan fingerprint density at radius 1 is 0.750 bits per heavy atom. The zero-order chi connectivity index (χ0) is 14.2. The van der Waals surface area contributed by atoms with Gasteiger partial charge >= 0.3 is 0 Å². The maximum Gasteiger partial charge on any atom is 0.142 e. The second-order valence-corrected chi connectivity index (χ2v) is 3.94. The van der Waals surface area contributed by atoms with Gasteiger partial charge in [-0.15, -0.1) is 0 Å². The van der Waals surface area contributed by atoms with Gasteiger partial charge in [0.2, 0.25) is 0 Å². The minimum atomic E-state index is 0.708. The number of aromatic nitrogens is 2. The molecule has 0 aliphatic carbocycles. The lowest BCUT2D eigenvalue weighted by molar-refractivity contribution is -0.104. The maximum absolute atomic E-state index is 10.3. The number of pyridine rings is 2. The van der Waals surface area contributed by atoms with Crippen molar-refractivity contribution in [3.05, 3.63) is 59.9 Å². The van der Waals surface area contributed by atoms with Gasteiger partial charge in [0.05, 0.1) is 11.4 Å². The first kappa shape index (κ1) is 13.5. The van der Waals surface area contributed by atoms with Crippen LogP contribution in [0.3, 0.4) is 0 Å². The lowest BCUT2D eigenvalue weighted by atomic mass is 10.1. The molecule has 0 saturated carbocycles. The molecule has 4 nitrogen and oxygen atoms in total. The summed E-state index contributed by atoms with van der Waals surface area (Å²) in [5.41, 5.74) is 3.16.